The average molecular weight is 260 g/mol. The largest absolute Gasteiger partial charge is 0.326 e. The van der Waals surface area contributed by atoms with Gasteiger partial charge in [0.05, 0.1) is 0 Å². The van der Waals surface area contributed by atoms with Crippen LogP contribution < -0.4 is 10.5 Å². The van der Waals surface area contributed by atoms with Gasteiger partial charge >= 0.3 is 0 Å². The van der Waals surface area contributed by atoms with E-state index in [2.05, 4.69) is 4.72 Å². The predicted octanol–water partition coefficient (Wildman–Crippen LogP) is 1.45. The predicted molar refractivity (Wildman–Crippen MR) is 66.8 cm³/mol. The molecule has 1 aromatic heterocycles. The molecule has 0 aliphatic rings. The van der Waals surface area contributed by atoms with Gasteiger partial charge in [0, 0.05) is 18.0 Å². The van der Waals surface area contributed by atoms with Gasteiger partial charge in [-0.2, -0.15) is 0 Å². The molecule has 0 saturated carbocycles. The molecule has 4 nitrogen and oxygen atoms in total. The van der Waals surface area contributed by atoms with E-state index in [1.54, 1.807) is 12.1 Å². The summed E-state index contributed by atoms with van der Waals surface area (Å²) in [6, 6.07) is 3.32. The Kier molecular flexibility index (Phi) is 4.67. The van der Waals surface area contributed by atoms with Crippen LogP contribution in [0.25, 0.3) is 0 Å². The molecule has 0 atom stereocenters. The molecular formula is C10H16N2O2S2. The molecule has 1 heterocycles. The molecule has 0 bridgehead atoms. The molecule has 0 saturated heterocycles. The first-order chi connectivity index (χ1) is 7.45. The molecule has 0 spiro atoms. The third kappa shape index (κ3) is 3.71. The Bertz CT molecular complexity index is 471. The van der Waals surface area contributed by atoms with Gasteiger partial charge in [0.15, 0.2) is 0 Å². The molecule has 1 aromatic rings. The maximum atomic E-state index is 11.8. The Balaban J connectivity index is 2.74. The van der Waals surface area contributed by atoms with Crippen LogP contribution in [0.3, 0.4) is 0 Å². The van der Waals surface area contributed by atoms with E-state index >= 15 is 0 Å². The van der Waals surface area contributed by atoms with Gasteiger partial charge in [-0.05, 0) is 26.0 Å². The number of nitrogens with two attached hydrogens (primary N) is 1. The summed E-state index contributed by atoms with van der Waals surface area (Å²) in [6.07, 6.45) is 1.83. The molecule has 1 rings (SSSR count). The second-order valence-corrected chi connectivity index (χ2v) is 6.72. The zero-order chi connectivity index (χ0) is 12.2. The molecule has 3 N–H and O–H groups in total. The highest BCUT2D eigenvalue weighted by molar-refractivity contribution is 7.91. The van der Waals surface area contributed by atoms with Gasteiger partial charge in [0.1, 0.15) is 4.21 Å². The van der Waals surface area contributed by atoms with Crippen LogP contribution in [-0.4, -0.2) is 15.0 Å². The van der Waals surface area contributed by atoms with Crippen molar-refractivity contribution >= 4 is 21.4 Å². The molecule has 0 unspecified atom stereocenters. The van der Waals surface area contributed by atoms with Crippen molar-refractivity contribution in [1.82, 2.24) is 4.72 Å². The van der Waals surface area contributed by atoms with Crippen molar-refractivity contribution in [1.29, 1.82) is 0 Å². The van der Waals surface area contributed by atoms with Gasteiger partial charge < -0.3 is 5.73 Å². The first kappa shape index (κ1) is 13.4. The van der Waals surface area contributed by atoms with E-state index in [1.165, 1.54) is 11.3 Å². The van der Waals surface area contributed by atoms with Crippen LogP contribution in [0.4, 0.5) is 0 Å². The van der Waals surface area contributed by atoms with Crippen molar-refractivity contribution < 1.29 is 8.42 Å². The Hall–Kier alpha value is -0.690. The summed E-state index contributed by atoms with van der Waals surface area (Å²) in [7, 11) is -3.38. The van der Waals surface area contributed by atoms with Gasteiger partial charge in [-0.25, -0.2) is 13.1 Å². The number of sulfonamides is 1. The van der Waals surface area contributed by atoms with E-state index in [-0.39, 0.29) is 0 Å². The van der Waals surface area contributed by atoms with E-state index in [4.69, 9.17) is 5.73 Å². The molecule has 90 valence electrons. The highest BCUT2D eigenvalue weighted by atomic mass is 32.2. The lowest BCUT2D eigenvalue weighted by Crippen LogP contribution is -2.23. The normalized spacial score (nSPS) is 11.4. The smallest absolute Gasteiger partial charge is 0.250 e. The first-order valence-corrected chi connectivity index (χ1v) is 7.17. The summed E-state index contributed by atoms with van der Waals surface area (Å²) < 4.78 is 26.4. The van der Waals surface area contributed by atoms with Gasteiger partial charge in [-0.15, -0.1) is 11.3 Å². The lowest BCUT2D eigenvalue weighted by atomic mass is 10.3. The maximum absolute atomic E-state index is 11.8. The minimum Gasteiger partial charge on any atom is -0.326 e. The number of allylic oxidation sites excluding steroid dienone is 1. The number of nitrogens with one attached hydrogen (secondary N) is 1. The second-order valence-electron chi connectivity index (χ2n) is 3.56. The highest BCUT2D eigenvalue weighted by Gasteiger charge is 2.15. The van der Waals surface area contributed by atoms with Gasteiger partial charge in [0.2, 0.25) is 10.0 Å². The molecule has 6 heteroatoms. The molecule has 0 amide bonds. The monoisotopic (exact) mass is 260 g/mol. The highest BCUT2D eigenvalue weighted by Crippen LogP contribution is 2.20. The number of thiophene rings is 1. The van der Waals surface area contributed by atoms with Crippen LogP contribution in [0.1, 0.15) is 18.7 Å². The van der Waals surface area contributed by atoms with Crippen LogP contribution in [0.2, 0.25) is 0 Å². The van der Waals surface area contributed by atoms with Crippen LogP contribution in [0.5, 0.6) is 0 Å². The molecule has 0 radical (unpaired) electrons. The van der Waals surface area contributed by atoms with Crippen LogP contribution in [-0.2, 0) is 16.6 Å². The summed E-state index contributed by atoms with van der Waals surface area (Å²) in [6.45, 7) is 4.53. The van der Waals surface area contributed by atoms with Crippen molar-refractivity contribution in [2.24, 2.45) is 5.73 Å². The average Bonchev–Trinajstić information content (AvgIpc) is 2.65. The van der Waals surface area contributed by atoms with Crippen molar-refractivity contribution in [2.75, 3.05) is 6.54 Å². The lowest BCUT2D eigenvalue weighted by Gasteiger charge is -2.01. The van der Waals surface area contributed by atoms with Crippen LogP contribution in [0.15, 0.2) is 28.0 Å². The third-order valence-corrected chi connectivity index (χ3v) is 4.91. The minimum absolute atomic E-state index is 0.315. The molecule has 0 aromatic carbocycles. The summed E-state index contributed by atoms with van der Waals surface area (Å²) in [5.41, 5.74) is 6.51. The zero-order valence-electron chi connectivity index (χ0n) is 9.36. The minimum atomic E-state index is -3.38. The molecule has 0 fully saturated rings. The number of hydrogen-bond acceptors (Lipinski definition) is 4. The van der Waals surface area contributed by atoms with Crippen molar-refractivity contribution in [3.05, 3.63) is 28.7 Å². The van der Waals surface area contributed by atoms with E-state index in [9.17, 15) is 8.42 Å². The Labute approximate surface area is 100 Å². The quantitative estimate of drug-likeness (QED) is 0.787. The summed E-state index contributed by atoms with van der Waals surface area (Å²) in [5.74, 6) is 0. The van der Waals surface area contributed by atoms with Crippen LogP contribution >= 0.6 is 11.3 Å². The summed E-state index contributed by atoms with van der Waals surface area (Å²) >= 11 is 1.20. The fourth-order valence-corrected chi connectivity index (χ4v) is 3.28. The zero-order valence-corrected chi connectivity index (χ0v) is 11.0. The second kappa shape index (κ2) is 5.58. The standard InChI is InChI=1S/C10H16N2O2S2/c1-8(2)5-6-12-16(13,14)10-4-3-9(7-11)15-10/h3-5,12H,6-7,11H2,1-2H3. The molecule has 0 aliphatic heterocycles. The topological polar surface area (TPSA) is 72.2 Å². The van der Waals surface area contributed by atoms with E-state index in [0.29, 0.717) is 17.3 Å². The molecular weight excluding hydrogens is 244 g/mol. The van der Waals surface area contributed by atoms with Gasteiger partial charge in [0.25, 0.3) is 0 Å². The number of rotatable bonds is 5. The maximum Gasteiger partial charge on any atom is 0.250 e. The fourth-order valence-electron chi connectivity index (χ4n) is 1.04. The molecule has 16 heavy (non-hydrogen) atoms. The SMILES string of the molecule is CC(C)=CCNS(=O)(=O)c1ccc(CN)s1. The third-order valence-electron chi connectivity index (χ3n) is 1.89. The van der Waals surface area contributed by atoms with Crippen molar-refractivity contribution in [3.63, 3.8) is 0 Å². The van der Waals surface area contributed by atoms with Crippen molar-refractivity contribution in [3.8, 4) is 0 Å². The van der Waals surface area contributed by atoms with Crippen LogP contribution in [0, 0.1) is 0 Å². The first-order valence-electron chi connectivity index (χ1n) is 4.87. The Morgan fingerprint density at radius 1 is 1.50 bits per heavy atom. The van der Waals surface area contributed by atoms with E-state index in [1.807, 2.05) is 19.9 Å². The Morgan fingerprint density at radius 3 is 2.69 bits per heavy atom. The fraction of sp³-hybridized carbons (Fsp3) is 0.400. The summed E-state index contributed by atoms with van der Waals surface area (Å²) in [4.78, 5) is 0.864. The summed E-state index contributed by atoms with van der Waals surface area (Å²) in [5, 5.41) is 0. The van der Waals surface area contributed by atoms with Gasteiger partial charge in [-0.3, -0.25) is 0 Å². The van der Waals surface area contributed by atoms with E-state index < -0.39 is 10.0 Å². The molecule has 0 aliphatic carbocycles. The van der Waals surface area contributed by atoms with Crippen molar-refractivity contribution in [2.45, 2.75) is 24.6 Å². The Morgan fingerprint density at radius 2 is 2.19 bits per heavy atom. The lowest BCUT2D eigenvalue weighted by molar-refractivity contribution is 0.587. The van der Waals surface area contributed by atoms with Gasteiger partial charge in [-0.1, -0.05) is 11.6 Å². The number of hydrogen-bond donors (Lipinski definition) is 2. The van der Waals surface area contributed by atoms with E-state index in [0.717, 1.165) is 10.5 Å².